The van der Waals surface area contributed by atoms with Crippen LogP contribution in [0.5, 0.6) is 0 Å². The van der Waals surface area contributed by atoms with E-state index in [2.05, 4.69) is 27.7 Å². The van der Waals surface area contributed by atoms with Crippen LogP contribution in [-0.2, 0) is 49.7 Å². The van der Waals surface area contributed by atoms with E-state index in [9.17, 15) is 53.5 Å². The van der Waals surface area contributed by atoms with Gasteiger partial charge in [-0.1, -0.05) is 413 Å². The molecule has 0 bridgehead atoms. The maximum absolute atomic E-state index is 12.5. The number of nitrogens with one attached hydrogen (secondary N) is 4. The fourth-order valence-electron chi connectivity index (χ4n) is 12.6. The van der Waals surface area contributed by atoms with Gasteiger partial charge in [-0.3, -0.25) is 0 Å². The van der Waals surface area contributed by atoms with E-state index in [1.165, 1.54) is 283 Å². The van der Waals surface area contributed by atoms with Gasteiger partial charge in [0.2, 0.25) is 40.1 Å². The summed E-state index contributed by atoms with van der Waals surface area (Å²) in [5.41, 5.74) is 0. The molecule has 0 rings (SSSR count). The second-order valence-corrected chi connectivity index (χ2v) is 36.0. The normalized spacial score (nSPS) is 12.2. The molecule has 21 heteroatoms. The third-order valence-corrected chi connectivity index (χ3v) is 24.4. The Balaban J connectivity index is -0.00000180. The number of carboxylic acid groups (broad SMARTS) is 2. The molecule has 0 heterocycles. The van der Waals surface area contributed by atoms with Gasteiger partial charge in [0.15, 0.2) is 0 Å². The SMILES string of the molecule is CCCCCCCCCCCCCCCCCCS(=O)(=O)NC(NS(=O)(=O)CCCCCCCCCCCCCCCCCC)C(=O)[O-].CCCCCCCCCCCCCCCCCCS(=O)(=O)NC(NS(=O)(=O)CCCCCCCCCCCCCCCCCC)C(=O)[O-].[Ba+2]. The number of carbonyl (C=O) groups excluding carboxylic acids is 2. The molecule has 0 saturated heterocycles. The summed E-state index contributed by atoms with van der Waals surface area (Å²) in [6.07, 6.45) is 71.4. The van der Waals surface area contributed by atoms with Crippen molar-refractivity contribution in [1.82, 2.24) is 18.9 Å². The summed E-state index contributed by atoms with van der Waals surface area (Å²) in [5, 5.41) is 23.1. The summed E-state index contributed by atoms with van der Waals surface area (Å²) in [7, 11) is -15.9. The molecule has 4 N–H and O–H groups in total. The average molecular weight is 1580 g/mol. The minimum absolute atomic E-state index is 0. The molecule has 0 unspecified atom stereocenters. The third-order valence-electron chi connectivity index (χ3n) is 18.7. The maximum atomic E-state index is 12.5. The quantitative estimate of drug-likeness (QED) is 0.0252. The monoisotopic (exact) mass is 1580 g/mol. The van der Waals surface area contributed by atoms with Crippen molar-refractivity contribution in [3.8, 4) is 0 Å². The zero-order chi connectivity index (χ0) is 71.2. The number of hydrogen-bond acceptors (Lipinski definition) is 12. The van der Waals surface area contributed by atoms with E-state index in [-0.39, 0.29) is 71.9 Å². The standard InChI is InChI=1S/2C38H78N2O6S2.Ba/c2*1-3-5-7-9-11-13-15-17-19-21-23-25-27-29-31-33-35-47(43,44)39-37(38(41)42)40-48(45,46)36-34-32-30-28-26-24-22-20-18-16-14-12-10-8-6-4-2;/h2*37,39-40H,3-36H2,1-2H3,(H,41,42);/q;;+2/p-2. The molecule has 97 heavy (non-hydrogen) atoms. The molecular weight excluding hydrogens is 1430 g/mol. The van der Waals surface area contributed by atoms with Crippen molar-refractivity contribution < 1.29 is 53.5 Å². The first-order valence-electron chi connectivity index (χ1n) is 40.7. The van der Waals surface area contributed by atoms with Crippen LogP contribution >= 0.6 is 0 Å². The molecule has 0 aromatic carbocycles. The second kappa shape index (κ2) is 74.4. The van der Waals surface area contributed by atoms with Gasteiger partial charge in [-0.2, -0.15) is 18.9 Å². The Morgan fingerprint density at radius 3 is 0.392 bits per heavy atom. The van der Waals surface area contributed by atoms with Gasteiger partial charge in [-0.25, -0.2) is 33.7 Å². The predicted octanol–water partition coefficient (Wildman–Crippen LogP) is 18.5. The minimum Gasteiger partial charge on any atom is -0.547 e. The van der Waals surface area contributed by atoms with Crippen molar-refractivity contribution in [2.24, 2.45) is 0 Å². The molecule has 0 saturated carbocycles. The summed E-state index contributed by atoms with van der Waals surface area (Å²) in [4.78, 5) is 23.1. The Morgan fingerprint density at radius 1 is 0.206 bits per heavy atom. The van der Waals surface area contributed by atoms with Gasteiger partial charge in [-0.05, 0) is 25.7 Å². The number of rotatable bonds is 78. The number of unbranched alkanes of at least 4 members (excludes halogenated alkanes) is 60. The largest absolute Gasteiger partial charge is 2.00 e. The summed E-state index contributed by atoms with van der Waals surface area (Å²) in [6, 6.07) is 0. The van der Waals surface area contributed by atoms with E-state index >= 15 is 0 Å². The predicted molar refractivity (Wildman–Crippen MR) is 409 cm³/mol. The molecule has 0 atom stereocenters. The Morgan fingerprint density at radius 2 is 0.299 bits per heavy atom. The number of carboxylic acids is 2. The summed E-state index contributed by atoms with van der Waals surface area (Å²) >= 11 is 0. The van der Waals surface area contributed by atoms with Gasteiger partial charge < -0.3 is 19.8 Å². The Labute approximate surface area is 641 Å². The van der Waals surface area contributed by atoms with Crippen LogP contribution in [0.25, 0.3) is 0 Å². The molecule has 0 aliphatic rings. The summed E-state index contributed by atoms with van der Waals surface area (Å²) < 4.78 is 108. The molecule has 576 valence electrons. The molecule has 0 spiro atoms. The van der Waals surface area contributed by atoms with Gasteiger partial charge in [0, 0.05) is 0 Å². The first-order valence-corrected chi connectivity index (χ1v) is 47.3. The van der Waals surface area contributed by atoms with E-state index in [1.54, 1.807) is 0 Å². The fourth-order valence-corrected chi connectivity index (χ4v) is 17.6. The van der Waals surface area contributed by atoms with Gasteiger partial charge in [0.1, 0.15) is 12.3 Å². The molecule has 0 fully saturated rings. The maximum Gasteiger partial charge on any atom is 2.00 e. The average Bonchev–Trinajstić information content (AvgIpc) is 1.08. The van der Waals surface area contributed by atoms with Gasteiger partial charge in [0.05, 0.1) is 35.0 Å². The van der Waals surface area contributed by atoms with Crippen LogP contribution in [0.2, 0.25) is 0 Å². The summed E-state index contributed by atoms with van der Waals surface area (Å²) in [6.45, 7) is 8.99. The molecule has 0 aromatic rings. The third kappa shape index (κ3) is 78.6. The summed E-state index contributed by atoms with van der Waals surface area (Å²) in [5.74, 6) is -4.57. The van der Waals surface area contributed by atoms with Crippen molar-refractivity contribution in [2.45, 2.75) is 451 Å². The number of sulfonamides is 4. The molecule has 0 aromatic heterocycles. The van der Waals surface area contributed by atoms with Gasteiger partial charge >= 0.3 is 48.9 Å². The molecule has 0 aliphatic carbocycles. The van der Waals surface area contributed by atoms with Crippen LogP contribution < -0.4 is 29.1 Å². The van der Waals surface area contributed by atoms with Crippen molar-refractivity contribution in [1.29, 1.82) is 0 Å². The van der Waals surface area contributed by atoms with Gasteiger partial charge in [0.25, 0.3) is 0 Å². The van der Waals surface area contributed by atoms with E-state index < -0.39 is 64.4 Å². The fraction of sp³-hybridized carbons (Fsp3) is 0.974. The van der Waals surface area contributed by atoms with E-state index in [0.717, 1.165) is 103 Å². The van der Waals surface area contributed by atoms with E-state index in [4.69, 9.17) is 0 Å². The van der Waals surface area contributed by atoms with Crippen LogP contribution in [0.3, 0.4) is 0 Å². The van der Waals surface area contributed by atoms with E-state index in [1.807, 2.05) is 18.9 Å². The van der Waals surface area contributed by atoms with Crippen molar-refractivity contribution in [2.75, 3.05) is 23.0 Å². The van der Waals surface area contributed by atoms with Crippen LogP contribution in [0.4, 0.5) is 0 Å². The first kappa shape index (κ1) is 101. The smallest absolute Gasteiger partial charge is 0.547 e. The number of carbonyl (C=O) groups is 2. The Bertz CT molecular complexity index is 1880. The Hall–Kier alpha value is 0.151. The zero-order valence-electron chi connectivity index (χ0n) is 63.5. The number of hydrogen-bond donors (Lipinski definition) is 4. The van der Waals surface area contributed by atoms with Crippen molar-refractivity contribution in [3.05, 3.63) is 0 Å². The Kier molecular flexibility index (Phi) is 77.7. The topological polar surface area (TPSA) is 265 Å². The minimum atomic E-state index is -3.97. The molecule has 16 nitrogen and oxygen atoms in total. The van der Waals surface area contributed by atoms with Crippen LogP contribution in [0.15, 0.2) is 0 Å². The van der Waals surface area contributed by atoms with Crippen LogP contribution in [0.1, 0.15) is 439 Å². The van der Waals surface area contributed by atoms with E-state index in [0.29, 0.717) is 25.7 Å². The molecule has 0 amide bonds. The van der Waals surface area contributed by atoms with Crippen LogP contribution in [-0.4, -0.2) is 130 Å². The van der Waals surface area contributed by atoms with Crippen molar-refractivity contribution in [3.63, 3.8) is 0 Å². The molecule has 0 aliphatic heterocycles. The molecular formula is C76H154BaN4O12S4. The first-order chi connectivity index (χ1) is 46.3. The second-order valence-electron chi connectivity index (χ2n) is 28.5. The zero-order valence-corrected chi connectivity index (χ0v) is 71.2. The number of aliphatic carboxylic acids is 2. The molecule has 0 radical (unpaired) electrons. The van der Waals surface area contributed by atoms with Crippen molar-refractivity contribution >= 4 is 101 Å². The van der Waals surface area contributed by atoms with Crippen LogP contribution in [0, 0.1) is 0 Å². The van der Waals surface area contributed by atoms with Gasteiger partial charge in [-0.15, -0.1) is 0 Å².